The molecule has 0 aliphatic rings. The Balaban J connectivity index is 2.40. The minimum absolute atomic E-state index is 0.120. The molecule has 0 saturated heterocycles. The summed E-state index contributed by atoms with van der Waals surface area (Å²) in [5.74, 6) is 1.41. The molecular weight excluding hydrogens is 300 g/mol. The standard InChI is InChI=1S/C13H15ClN2O3S/c1-3-12-15-13(20(14,17)18)9-16(12)8-10-6-4-5-7-11(10)19-2/h4-7,9H,3,8H2,1-2H3. The quantitative estimate of drug-likeness (QED) is 0.795. The molecule has 0 radical (unpaired) electrons. The lowest BCUT2D eigenvalue weighted by Crippen LogP contribution is -2.04. The molecule has 5 nitrogen and oxygen atoms in total. The van der Waals surface area contributed by atoms with Gasteiger partial charge in [0.05, 0.1) is 13.7 Å². The van der Waals surface area contributed by atoms with Crippen LogP contribution >= 0.6 is 10.7 Å². The van der Waals surface area contributed by atoms with Crippen molar-refractivity contribution in [2.24, 2.45) is 0 Å². The lowest BCUT2D eigenvalue weighted by molar-refractivity contribution is 0.408. The van der Waals surface area contributed by atoms with E-state index in [0.29, 0.717) is 18.8 Å². The van der Waals surface area contributed by atoms with Gasteiger partial charge in [0.2, 0.25) is 0 Å². The molecule has 0 unspecified atom stereocenters. The molecule has 0 amide bonds. The van der Waals surface area contributed by atoms with E-state index in [4.69, 9.17) is 15.4 Å². The maximum atomic E-state index is 11.4. The molecule has 0 aliphatic carbocycles. The van der Waals surface area contributed by atoms with Crippen molar-refractivity contribution in [2.75, 3.05) is 7.11 Å². The first-order valence-electron chi connectivity index (χ1n) is 6.08. The Labute approximate surface area is 122 Å². The van der Waals surface area contributed by atoms with Crippen molar-refractivity contribution >= 4 is 19.7 Å². The van der Waals surface area contributed by atoms with Crippen LogP contribution in [-0.2, 0) is 22.0 Å². The van der Waals surface area contributed by atoms with Crippen molar-refractivity contribution in [1.82, 2.24) is 9.55 Å². The van der Waals surface area contributed by atoms with Crippen LogP contribution in [0.3, 0.4) is 0 Å². The average Bonchev–Trinajstić information content (AvgIpc) is 2.82. The van der Waals surface area contributed by atoms with Gasteiger partial charge in [-0.1, -0.05) is 25.1 Å². The maximum absolute atomic E-state index is 11.4. The number of aromatic nitrogens is 2. The molecule has 2 rings (SSSR count). The summed E-state index contributed by atoms with van der Waals surface area (Å²) in [6.45, 7) is 2.39. The van der Waals surface area contributed by atoms with Crippen LogP contribution < -0.4 is 4.74 Å². The Morgan fingerprint density at radius 3 is 2.65 bits per heavy atom. The van der Waals surface area contributed by atoms with E-state index in [2.05, 4.69) is 4.98 Å². The number of hydrogen-bond donors (Lipinski definition) is 0. The number of benzene rings is 1. The van der Waals surface area contributed by atoms with E-state index < -0.39 is 9.05 Å². The fourth-order valence-corrected chi connectivity index (χ4v) is 2.67. The van der Waals surface area contributed by atoms with Gasteiger partial charge in [0.15, 0.2) is 5.03 Å². The first kappa shape index (κ1) is 14.9. The smallest absolute Gasteiger partial charge is 0.280 e. The molecule has 0 bridgehead atoms. The van der Waals surface area contributed by atoms with E-state index in [0.717, 1.165) is 11.3 Å². The van der Waals surface area contributed by atoms with Gasteiger partial charge in [0.1, 0.15) is 11.6 Å². The monoisotopic (exact) mass is 314 g/mol. The lowest BCUT2D eigenvalue weighted by Gasteiger charge is -2.10. The van der Waals surface area contributed by atoms with Crippen LogP contribution in [0.5, 0.6) is 5.75 Å². The fourth-order valence-electron chi connectivity index (χ4n) is 1.98. The number of hydrogen-bond acceptors (Lipinski definition) is 4. The third-order valence-electron chi connectivity index (χ3n) is 2.94. The van der Waals surface area contributed by atoms with E-state index >= 15 is 0 Å². The second kappa shape index (κ2) is 5.85. The third kappa shape index (κ3) is 3.13. The number of imidazole rings is 1. The molecule has 0 spiro atoms. The van der Waals surface area contributed by atoms with Gasteiger partial charge in [-0.15, -0.1) is 0 Å². The van der Waals surface area contributed by atoms with Crippen molar-refractivity contribution in [3.63, 3.8) is 0 Å². The molecule has 1 heterocycles. The van der Waals surface area contributed by atoms with E-state index in [9.17, 15) is 8.42 Å². The van der Waals surface area contributed by atoms with Gasteiger partial charge >= 0.3 is 0 Å². The zero-order valence-electron chi connectivity index (χ0n) is 11.2. The molecule has 2 aromatic rings. The van der Waals surface area contributed by atoms with Gasteiger partial charge in [-0.05, 0) is 6.07 Å². The van der Waals surface area contributed by atoms with Crippen LogP contribution in [-0.4, -0.2) is 25.1 Å². The summed E-state index contributed by atoms with van der Waals surface area (Å²) in [6.07, 6.45) is 2.06. The molecule has 1 aromatic heterocycles. The Morgan fingerprint density at radius 2 is 2.05 bits per heavy atom. The van der Waals surface area contributed by atoms with Crippen LogP contribution in [0.25, 0.3) is 0 Å². The molecule has 7 heteroatoms. The Bertz CT molecular complexity index is 710. The molecular formula is C13H15ClN2O3S. The number of methoxy groups -OCH3 is 1. The molecule has 0 N–H and O–H groups in total. The fraction of sp³-hybridized carbons (Fsp3) is 0.308. The van der Waals surface area contributed by atoms with Crippen molar-refractivity contribution < 1.29 is 13.2 Å². The van der Waals surface area contributed by atoms with Gasteiger partial charge in [-0.3, -0.25) is 0 Å². The van der Waals surface area contributed by atoms with Gasteiger partial charge in [0.25, 0.3) is 9.05 Å². The summed E-state index contributed by atoms with van der Waals surface area (Å²) < 4.78 is 29.8. The zero-order chi connectivity index (χ0) is 14.8. The van der Waals surface area contributed by atoms with E-state index in [-0.39, 0.29) is 5.03 Å². The van der Waals surface area contributed by atoms with Crippen molar-refractivity contribution in [3.05, 3.63) is 41.9 Å². The second-order valence-electron chi connectivity index (χ2n) is 4.23. The summed E-state index contributed by atoms with van der Waals surface area (Å²) in [7, 11) is 3.12. The highest BCUT2D eigenvalue weighted by Crippen LogP contribution is 2.21. The topological polar surface area (TPSA) is 61.2 Å². The zero-order valence-corrected chi connectivity index (χ0v) is 12.8. The van der Waals surface area contributed by atoms with Gasteiger partial charge in [0, 0.05) is 28.9 Å². The minimum Gasteiger partial charge on any atom is -0.496 e. The molecule has 0 saturated carbocycles. The van der Waals surface area contributed by atoms with Crippen LogP contribution in [0, 0.1) is 0 Å². The molecule has 0 atom stereocenters. The first-order chi connectivity index (χ1) is 9.45. The third-order valence-corrected chi connectivity index (χ3v) is 4.11. The first-order valence-corrected chi connectivity index (χ1v) is 8.39. The maximum Gasteiger partial charge on any atom is 0.280 e. The highest BCUT2D eigenvalue weighted by atomic mass is 35.7. The normalized spacial score (nSPS) is 11.6. The minimum atomic E-state index is -3.81. The number of aryl methyl sites for hydroxylation is 1. The van der Waals surface area contributed by atoms with Crippen LogP contribution in [0.2, 0.25) is 0 Å². The van der Waals surface area contributed by atoms with Crippen molar-refractivity contribution in [2.45, 2.75) is 24.9 Å². The van der Waals surface area contributed by atoms with Crippen LogP contribution in [0.15, 0.2) is 35.5 Å². The highest BCUT2D eigenvalue weighted by molar-refractivity contribution is 8.13. The van der Waals surface area contributed by atoms with E-state index in [1.165, 1.54) is 6.20 Å². The van der Waals surface area contributed by atoms with E-state index in [1.807, 2.05) is 31.2 Å². The summed E-state index contributed by atoms with van der Waals surface area (Å²) in [5.41, 5.74) is 0.945. The highest BCUT2D eigenvalue weighted by Gasteiger charge is 2.17. The number of halogens is 1. The van der Waals surface area contributed by atoms with Crippen LogP contribution in [0.1, 0.15) is 18.3 Å². The van der Waals surface area contributed by atoms with Crippen molar-refractivity contribution in [1.29, 1.82) is 0 Å². The van der Waals surface area contributed by atoms with E-state index in [1.54, 1.807) is 11.7 Å². The summed E-state index contributed by atoms with van der Waals surface area (Å²) in [5, 5.41) is -0.120. The second-order valence-corrected chi connectivity index (χ2v) is 6.74. The van der Waals surface area contributed by atoms with Crippen molar-refractivity contribution in [3.8, 4) is 5.75 Å². The largest absolute Gasteiger partial charge is 0.496 e. The van der Waals surface area contributed by atoms with Gasteiger partial charge in [-0.25, -0.2) is 13.4 Å². The average molecular weight is 315 g/mol. The molecule has 20 heavy (non-hydrogen) atoms. The molecule has 1 aromatic carbocycles. The van der Waals surface area contributed by atoms with Gasteiger partial charge in [-0.2, -0.15) is 0 Å². The predicted octanol–water partition coefficient (Wildman–Crippen LogP) is 2.43. The summed E-state index contributed by atoms with van der Waals surface area (Å²) >= 11 is 0. The number of ether oxygens (including phenoxy) is 1. The molecule has 108 valence electrons. The predicted molar refractivity (Wildman–Crippen MR) is 76.7 cm³/mol. The lowest BCUT2D eigenvalue weighted by atomic mass is 10.2. The Hall–Kier alpha value is -1.53. The molecule has 0 aliphatic heterocycles. The Kier molecular flexibility index (Phi) is 4.35. The number of nitrogens with zero attached hydrogens (tertiary/aromatic N) is 2. The molecule has 0 fully saturated rings. The summed E-state index contributed by atoms with van der Waals surface area (Å²) in [6, 6.07) is 7.56. The number of rotatable bonds is 5. The number of para-hydroxylation sites is 1. The Morgan fingerprint density at radius 1 is 1.35 bits per heavy atom. The van der Waals surface area contributed by atoms with Crippen LogP contribution in [0.4, 0.5) is 0 Å². The SMILES string of the molecule is CCc1nc(S(=O)(=O)Cl)cn1Cc1ccccc1OC. The van der Waals surface area contributed by atoms with Gasteiger partial charge < -0.3 is 9.30 Å². The summed E-state index contributed by atoms with van der Waals surface area (Å²) in [4.78, 5) is 4.05.